The van der Waals surface area contributed by atoms with Crippen LogP contribution >= 0.6 is 0 Å². The van der Waals surface area contributed by atoms with Gasteiger partial charge in [-0.05, 0) is 48.6 Å². The van der Waals surface area contributed by atoms with Gasteiger partial charge < -0.3 is 0 Å². The molecule has 3 nitrogen and oxygen atoms in total. The van der Waals surface area contributed by atoms with E-state index in [4.69, 9.17) is 0 Å². The SMILES string of the molecule is c1ccc2[nH][n+](C3CCCC(c4ccncc4)C3)cc2c1. The van der Waals surface area contributed by atoms with Crippen LogP contribution in [0.15, 0.2) is 55.0 Å². The third kappa shape index (κ3) is 2.44. The molecule has 0 spiro atoms. The number of para-hydroxylation sites is 1. The van der Waals surface area contributed by atoms with Crippen LogP contribution in [0.3, 0.4) is 0 Å². The van der Waals surface area contributed by atoms with E-state index in [0.717, 1.165) is 0 Å². The molecule has 1 saturated carbocycles. The zero-order valence-electron chi connectivity index (χ0n) is 12.1. The first-order valence-corrected chi connectivity index (χ1v) is 7.79. The minimum Gasteiger partial charge on any atom is -0.265 e. The van der Waals surface area contributed by atoms with E-state index in [0.29, 0.717) is 12.0 Å². The molecule has 0 saturated heterocycles. The molecule has 4 rings (SSSR count). The number of hydrogen-bond donors (Lipinski definition) is 1. The second-order valence-electron chi connectivity index (χ2n) is 6.03. The van der Waals surface area contributed by atoms with Crippen molar-refractivity contribution in [2.24, 2.45) is 0 Å². The van der Waals surface area contributed by atoms with Gasteiger partial charge in [0.1, 0.15) is 5.52 Å². The molecule has 2 unspecified atom stereocenters. The number of nitrogens with zero attached hydrogens (tertiary/aromatic N) is 2. The van der Waals surface area contributed by atoms with E-state index < -0.39 is 0 Å². The zero-order valence-corrected chi connectivity index (χ0v) is 12.1. The van der Waals surface area contributed by atoms with Crippen LogP contribution in [0.25, 0.3) is 10.9 Å². The van der Waals surface area contributed by atoms with Gasteiger partial charge in [0.05, 0.1) is 5.39 Å². The highest BCUT2D eigenvalue weighted by atomic mass is 15.3. The fourth-order valence-electron chi connectivity index (χ4n) is 3.58. The first kappa shape index (κ1) is 12.6. The molecule has 0 amide bonds. The minimum atomic E-state index is 0.573. The summed E-state index contributed by atoms with van der Waals surface area (Å²) in [6.45, 7) is 0. The van der Waals surface area contributed by atoms with Gasteiger partial charge in [-0.15, -0.1) is 4.68 Å². The lowest BCUT2D eigenvalue weighted by molar-refractivity contribution is -0.774. The summed E-state index contributed by atoms with van der Waals surface area (Å²) < 4.78 is 2.32. The Kier molecular flexibility index (Phi) is 3.18. The number of rotatable bonds is 2. The van der Waals surface area contributed by atoms with Crippen molar-refractivity contribution in [3.8, 4) is 0 Å². The number of H-pyrrole nitrogens is 1. The topological polar surface area (TPSA) is 32.6 Å². The molecular weight excluding hydrogens is 258 g/mol. The van der Waals surface area contributed by atoms with Crippen molar-refractivity contribution in [1.82, 2.24) is 10.1 Å². The van der Waals surface area contributed by atoms with E-state index >= 15 is 0 Å². The fourth-order valence-corrected chi connectivity index (χ4v) is 3.58. The molecule has 1 aliphatic carbocycles. The van der Waals surface area contributed by atoms with Gasteiger partial charge in [-0.2, -0.15) is 5.10 Å². The van der Waals surface area contributed by atoms with Crippen molar-refractivity contribution in [3.05, 3.63) is 60.6 Å². The number of benzene rings is 1. The average molecular weight is 278 g/mol. The summed E-state index contributed by atoms with van der Waals surface area (Å²) in [5, 5.41) is 4.84. The molecule has 3 heteroatoms. The van der Waals surface area contributed by atoms with E-state index in [9.17, 15) is 0 Å². The highest BCUT2D eigenvalue weighted by molar-refractivity contribution is 5.76. The second-order valence-corrected chi connectivity index (χ2v) is 6.03. The maximum absolute atomic E-state index is 4.13. The lowest BCUT2D eigenvalue weighted by atomic mass is 9.82. The van der Waals surface area contributed by atoms with Crippen LogP contribution in [0.5, 0.6) is 0 Å². The Bertz CT molecular complexity index is 699. The summed E-state index contributed by atoms with van der Waals surface area (Å²) in [5.74, 6) is 0.658. The number of aromatic amines is 1. The summed E-state index contributed by atoms with van der Waals surface area (Å²) in [5.41, 5.74) is 2.66. The first-order chi connectivity index (χ1) is 10.4. The minimum absolute atomic E-state index is 0.573. The predicted octanol–water partition coefficient (Wildman–Crippen LogP) is 3.75. The van der Waals surface area contributed by atoms with Crippen LogP contribution in [0.1, 0.15) is 43.2 Å². The van der Waals surface area contributed by atoms with Crippen LogP contribution in [0.2, 0.25) is 0 Å². The predicted molar refractivity (Wildman–Crippen MR) is 83.0 cm³/mol. The summed E-state index contributed by atoms with van der Waals surface area (Å²) in [7, 11) is 0. The highest BCUT2D eigenvalue weighted by Crippen LogP contribution is 2.36. The Morgan fingerprint density at radius 1 is 1.05 bits per heavy atom. The number of nitrogens with one attached hydrogen (secondary N) is 1. The van der Waals surface area contributed by atoms with Crippen molar-refractivity contribution in [1.29, 1.82) is 0 Å². The van der Waals surface area contributed by atoms with Crippen LogP contribution in [0, 0.1) is 0 Å². The Labute approximate surface area is 124 Å². The zero-order chi connectivity index (χ0) is 14.1. The molecule has 1 N–H and O–H groups in total. The quantitative estimate of drug-likeness (QED) is 0.711. The van der Waals surface area contributed by atoms with Crippen molar-refractivity contribution < 1.29 is 4.68 Å². The van der Waals surface area contributed by atoms with Gasteiger partial charge in [0.25, 0.3) is 0 Å². The van der Waals surface area contributed by atoms with Crippen LogP contribution in [0.4, 0.5) is 0 Å². The lowest BCUT2D eigenvalue weighted by Crippen LogP contribution is -2.42. The maximum atomic E-state index is 4.13. The lowest BCUT2D eigenvalue weighted by Gasteiger charge is -2.25. The van der Waals surface area contributed by atoms with Crippen molar-refractivity contribution >= 4 is 10.9 Å². The largest absolute Gasteiger partial charge is 0.265 e. The van der Waals surface area contributed by atoms with Crippen molar-refractivity contribution in [3.63, 3.8) is 0 Å². The Morgan fingerprint density at radius 3 is 2.76 bits per heavy atom. The van der Waals surface area contributed by atoms with Gasteiger partial charge in [0.2, 0.25) is 6.20 Å². The molecule has 0 aliphatic heterocycles. The van der Waals surface area contributed by atoms with Gasteiger partial charge in [0, 0.05) is 25.2 Å². The van der Waals surface area contributed by atoms with E-state index in [1.807, 2.05) is 12.4 Å². The standard InChI is InChI=1S/C18H19N3/c1-2-7-18-16(4-1)13-21(20-18)17-6-3-5-15(12-17)14-8-10-19-11-9-14/h1-2,4,7-11,13,15,17H,3,5-6,12H2/p+1. The molecule has 2 atom stereocenters. The Morgan fingerprint density at radius 2 is 1.90 bits per heavy atom. The molecular formula is C18H20N3+. The molecule has 0 bridgehead atoms. The molecule has 21 heavy (non-hydrogen) atoms. The summed E-state index contributed by atoms with van der Waals surface area (Å²) in [6, 6.07) is 13.4. The van der Waals surface area contributed by atoms with Crippen molar-refractivity contribution in [2.45, 2.75) is 37.6 Å². The second kappa shape index (κ2) is 5.32. The van der Waals surface area contributed by atoms with E-state index in [-0.39, 0.29) is 0 Å². The van der Waals surface area contributed by atoms with Gasteiger partial charge >= 0.3 is 0 Å². The smallest absolute Gasteiger partial charge is 0.203 e. The fraction of sp³-hybridized carbons (Fsp3) is 0.333. The summed E-state index contributed by atoms with van der Waals surface area (Å²) in [6.07, 6.45) is 11.1. The molecule has 2 aromatic heterocycles. The van der Waals surface area contributed by atoms with E-state index in [1.165, 1.54) is 42.1 Å². The monoisotopic (exact) mass is 278 g/mol. The molecule has 1 aromatic carbocycles. The van der Waals surface area contributed by atoms with Gasteiger partial charge in [-0.1, -0.05) is 12.1 Å². The van der Waals surface area contributed by atoms with E-state index in [2.05, 4.69) is 57.4 Å². The molecule has 2 heterocycles. The van der Waals surface area contributed by atoms with Gasteiger partial charge in [-0.25, -0.2) is 0 Å². The molecule has 0 radical (unpaired) electrons. The maximum Gasteiger partial charge on any atom is 0.203 e. The van der Waals surface area contributed by atoms with Crippen LogP contribution in [-0.4, -0.2) is 10.1 Å². The third-order valence-corrected chi connectivity index (χ3v) is 4.71. The number of hydrogen-bond acceptors (Lipinski definition) is 1. The molecule has 1 fully saturated rings. The number of pyridine rings is 1. The van der Waals surface area contributed by atoms with Gasteiger partial charge in [0.15, 0.2) is 6.04 Å². The first-order valence-electron chi connectivity index (χ1n) is 7.79. The van der Waals surface area contributed by atoms with Crippen LogP contribution in [-0.2, 0) is 0 Å². The van der Waals surface area contributed by atoms with E-state index in [1.54, 1.807) is 0 Å². The third-order valence-electron chi connectivity index (χ3n) is 4.71. The number of fused-ring (bicyclic) bond motifs is 1. The molecule has 106 valence electrons. The average Bonchev–Trinajstić information content (AvgIpc) is 3.00. The molecule has 1 aliphatic rings. The summed E-state index contributed by atoms with van der Waals surface area (Å²) >= 11 is 0. The van der Waals surface area contributed by atoms with Crippen LogP contribution < -0.4 is 4.68 Å². The van der Waals surface area contributed by atoms with Crippen molar-refractivity contribution in [2.75, 3.05) is 0 Å². The Balaban J connectivity index is 1.60. The highest BCUT2D eigenvalue weighted by Gasteiger charge is 2.30. The molecule has 3 aromatic rings. The number of aromatic nitrogens is 3. The van der Waals surface area contributed by atoms with Gasteiger partial charge in [-0.3, -0.25) is 4.98 Å². The summed E-state index contributed by atoms with van der Waals surface area (Å²) in [4.78, 5) is 4.13. The normalized spacial score (nSPS) is 22.5. The Hall–Kier alpha value is -2.16.